The Hall–Kier alpha value is -2.60. The van der Waals surface area contributed by atoms with Crippen LogP contribution in [-0.4, -0.2) is 38.9 Å². The SMILES string of the molecule is Cc1c(-c2ccc(C(C)N3CCC(CC(C)(C)O)OC3=O)cc2)cc(=O)n(C)c1C. The lowest BCUT2D eigenvalue weighted by molar-refractivity contribution is -0.0309. The summed E-state index contributed by atoms with van der Waals surface area (Å²) in [5.41, 5.74) is 4.07. The number of ether oxygens (including phenoxy) is 1. The first-order valence-electron chi connectivity index (χ1n) is 10.4. The highest BCUT2D eigenvalue weighted by Gasteiger charge is 2.33. The number of carbonyl (C=O) groups is 1. The maximum atomic E-state index is 12.5. The molecule has 3 rings (SSSR count). The van der Waals surface area contributed by atoms with E-state index >= 15 is 0 Å². The van der Waals surface area contributed by atoms with Gasteiger partial charge in [-0.2, -0.15) is 0 Å². The van der Waals surface area contributed by atoms with Gasteiger partial charge in [0, 0.05) is 38.2 Å². The van der Waals surface area contributed by atoms with Gasteiger partial charge in [-0.1, -0.05) is 24.3 Å². The Morgan fingerprint density at radius 3 is 2.40 bits per heavy atom. The Morgan fingerprint density at radius 2 is 1.83 bits per heavy atom. The predicted octanol–water partition coefficient (Wildman–Crippen LogP) is 4.10. The van der Waals surface area contributed by atoms with Crippen LogP contribution < -0.4 is 5.56 Å². The smallest absolute Gasteiger partial charge is 0.410 e. The van der Waals surface area contributed by atoms with Gasteiger partial charge in [0.1, 0.15) is 6.10 Å². The van der Waals surface area contributed by atoms with E-state index in [1.54, 1.807) is 36.4 Å². The van der Waals surface area contributed by atoms with E-state index in [-0.39, 0.29) is 23.8 Å². The summed E-state index contributed by atoms with van der Waals surface area (Å²) in [6, 6.07) is 9.55. The summed E-state index contributed by atoms with van der Waals surface area (Å²) in [5, 5.41) is 9.97. The molecule has 0 bridgehead atoms. The lowest BCUT2D eigenvalue weighted by Crippen LogP contribution is -2.45. The van der Waals surface area contributed by atoms with Crippen molar-refractivity contribution in [2.24, 2.45) is 7.05 Å². The van der Waals surface area contributed by atoms with Crippen molar-refractivity contribution in [3.63, 3.8) is 0 Å². The van der Waals surface area contributed by atoms with Crippen molar-refractivity contribution in [3.05, 3.63) is 57.5 Å². The maximum absolute atomic E-state index is 12.5. The van der Waals surface area contributed by atoms with Gasteiger partial charge < -0.3 is 19.3 Å². The summed E-state index contributed by atoms with van der Waals surface area (Å²) >= 11 is 0. The highest BCUT2D eigenvalue weighted by molar-refractivity contribution is 5.70. The number of hydrogen-bond acceptors (Lipinski definition) is 4. The van der Waals surface area contributed by atoms with Gasteiger partial charge >= 0.3 is 6.09 Å². The van der Waals surface area contributed by atoms with Gasteiger partial charge in [-0.15, -0.1) is 0 Å². The highest BCUT2D eigenvalue weighted by atomic mass is 16.6. The standard InChI is InChI=1S/C24H32N2O4/c1-15-16(2)25(6)22(27)13-21(15)19-9-7-18(8-10-19)17(3)26-12-11-20(30-23(26)28)14-24(4,5)29/h7-10,13,17,20,29H,11-12,14H2,1-6H3. The summed E-state index contributed by atoms with van der Waals surface area (Å²) in [6.45, 7) is 10.0. The lowest BCUT2D eigenvalue weighted by Gasteiger charge is -2.37. The van der Waals surface area contributed by atoms with Crippen molar-refractivity contribution >= 4 is 6.09 Å². The van der Waals surface area contributed by atoms with Crippen LogP contribution in [0.3, 0.4) is 0 Å². The van der Waals surface area contributed by atoms with Gasteiger partial charge in [0.2, 0.25) is 0 Å². The fraction of sp³-hybridized carbons (Fsp3) is 0.500. The van der Waals surface area contributed by atoms with Crippen LogP contribution in [0.4, 0.5) is 4.79 Å². The second kappa shape index (κ2) is 8.26. The zero-order valence-electron chi connectivity index (χ0n) is 18.7. The molecule has 0 aliphatic carbocycles. The van der Waals surface area contributed by atoms with Gasteiger partial charge in [-0.05, 0) is 56.9 Å². The molecule has 0 saturated carbocycles. The molecule has 1 aliphatic rings. The summed E-state index contributed by atoms with van der Waals surface area (Å²) in [5.74, 6) is 0. The van der Waals surface area contributed by atoms with Crippen molar-refractivity contribution in [1.82, 2.24) is 9.47 Å². The molecule has 1 fully saturated rings. The quantitative estimate of drug-likeness (QED) is 0.802. The number of aromatic nitrogens is 1. The third kappa shape index (κ3) is 4.59. The maximum Gasteiger partial charge on any atom is 0.410 e. The number of nitrogens with zero attached hydrogens (tertiary/aromatic N) is 2. The molecule has 1 aromatic heterocycles. The summed E-state index contributed by atoms with van der Waals surface area (Å²) < 4.78 is 7.21. The number of amides is 1. The van der Waals surface area contributed by atoms with Crippen LogP contribution in [0.15, 0.2) is 35.1 Å². The van der Waals surface area contributed by atoms with Crippen LogP contribution in [-0.2, 0) is 11.8 Å². The molecule has 2 aromatic rings. The molecule has 30 heavy (non-hydrogen) atoms. The number of hydrogen-bond donors (Lipinski definition) is 1. The highest BCUT2D eigenvalue weighted by Crippen LogP contribution is 2.30. The molecule has 2 heterocycles. The second-order valence-corrected chi connectivity index (χ2v) is 8.97. The summed E-state index contributed by atoms with van der Waals surface area (Å²) in [7, 11) is 1.78. The zero-order chi connectivity index (χ0) is 22.2. The Balaban J connectivity index is 1.76. The summed E-state index contributed by atoms with van der Waals surface area (Å²) in [4.78, 5) is 26.5. The van der Waals surface area contributed by atoms with E-state index in [4.69, 9.17) is 4.74 Å². The predicted molar refractivity (Wildman–Crippen MR) is 118 cm³/mol. The molecule has 2 unspecified atom stereocenters. The zero-order valence-corrected chi connectivity index (χ0v) is 18.7. The van der Waals surface area contributed by atoms with Crippen molar-refractivity contribution in [1.29, 1.82) is 0 Å². The fourth-order valence-electron chi connectivity index (χ4n) is 4.06. The van der Waals surface area contributed by atoms with Crippen LogP contribution in [0.25, 0.3) is 11.1 Å². The third-order valence-electron chi connectivity index (χ3n) is 6.14. The Kier molecular flexibility index (Phi) is 6.09. The van der Waals surface area contributed by atoms with E-state index in [9.17, 15) is 14.7 Å². The number of carbonyl (C=O) groups excluding carboxylic acids is 1. The van der Waals surface area contributed by atoms with Crippen LogP contribution in [0.2, 0.25) is 0 Å². The number of rotatable bonds is 5. The number of benzene rings is 1. The van der Waals surface area contributed by atoms with E-state index in [0.717, 1.165) is 27.9 Å². The molecule has 6 nitrogen and oxygen atoms in total. The molecule has 1 amide bonds. The first-order chi connectivity index (χ1) is 14.0. The van der Waals surface area contributed by atoms with Crippen molar-refractivity contribution in [3.8, 4) is 11.1 Å². The minimum atomic E-state index is -0.858. The average Bonchev–Trinajstić information content (AvgIpc) is 2.68. The molecule has 0 spiro atoms. The van der Waals surface area contributed by atoms with E-state index in [2.05, 4.69) is 0 Å². The fourth-order valence-corrected chi connectivity index (χ4v) is 4.06. The van der Waals surface area contributed by atoms with Gasteiger partial charge in [-0.25, -0.2) is 4.79 Å². The lowest BCUT2D eigenvalue weighted by atomic mass is 9.96. The number of pyridine rings is 1. The molecule has 2 atom stereocenters. The Labute approximate surface area is 178 Å². The van der Waals surface area contributed by atoms with Crippen LogP contribution in [0.5, 0.6) is 0 Å². The van der Waals surface area contributed by atoms with Gasteiger partial charge in [0.25, 0.3) is 5.56 Å². The largest absolute Gasteiger partial charge is 0.446 e. The average molecular weight is 413 g/mol. The third-order valence-corrected chi connectivity index (χ3v) is 6.14. The first kappa shape index (κ1) is 22.1. The molecule has 1 N–H and O–H groups in total. The Morgan fingerprint density at radius 1 is 1.20 bits per heavy atom. The number of cyclic esters (lactones) is 1. The molecule has 1 aromatic carbocycles. The normalized spacial score (nSPS) is 18.3. The minimum absolute atomic E-state index is 0.0257. The molecule has 1 saturated heterocycles. The molecule has 1 aliphatic heterocycles. The molecule has 0 radical (unpaired) electrons. The van der Waals surface area contributed by atoms with Crippen LogP contribution in [0, 0.1) is 13.8 Å². The molecule has 6 heteroatoms. The second-order valence-electron chi connectivity index (χ2n) is 8.97. The van der Waals surface area contributed by atoms with Gasteiger partial charge in [0.15, 0.2) is 0 Å². The molecular weight excluding hydrogens is 380 g/mol. The minimum Gasteiger partial charge on any atom is -0.446 e. The Bertz CT molecular complexity index is 986. The van der Waals surface area contributed by atoms with E-state index < -0.39 is 5.60 Å². The molecular formula is C24H32N2O4. The first-order valence-corrected chi connectivity index (χ1v) is 10.4. The topological polar surface area (TPSA) is 71.8 Å². The van der Waals surface area contributed by atoms with Gasteiger partial charge in [-0.3, -0.25) is 4.79 Å². The van der Waals surface area contributed by atoms with Crippen LogP contribution >= 0.6 is 0 Å². The van der Waals surface area contributed by atoms with Crippen molar-refractivity contribution in [2.75, 3.05) is 6.54 Å². The monoisotopic (exact) mass is 412 g/mol. The van der Waals surface area contributed by atoms with Crippen molar-refractivity contribution < 1.29 is 14.6 Å². The van der Waals surface area contributed by atoms with Crippen molar-refractivity contribution in [2.45, 2.75) is 65.2 Å². The summed E-state index contributed by atoms with van der Waals surface area (Å²) in [6.07, 6.45) is 0.537. The molecule has 162 valence electrons. The van der Waals surface area contributed by atoms with E-state index in [0.29, 0.717) is 19.4 Å². The van der Waals surface area contributed by atoms with Gasteiger partial charge in [0.05, 0.1) is 11.6 Å². The van der Waals surface area contributed by atoms with Crippen LogP contribution in [0.1, 0.15) is 56.5 Å². The number of aliphatic hydroxyl groups is 1. The van der Waals surface area contributed by atoms with E-state index in [1.165, 1.54) is 0 Å². The van der Waals surface area contributed by atoms with E-state index in [1.807, 2.05) is 45.0 Å².